The van der Waals surface area contributed by atoms with Gasteiger partial charge in [0.2, 0.25) is 5.91 Å². The Balaban J connectivity index is 4.31. The zero-order valence-corrected chi connectivity index (χ0v) is 11.8. The quantitative estimate of drug-likeness (QED) is 0.690. The first-order valence-electron chi connectivity index (χ1n) is 6.56. The Kier molecular flexibility index (Phi) is 7.59. The minimum Gasteiger partial charge on any atom is -0.480 e. The molecule has 3 unspecified atom stereocenters. The number of likely N-dealkylation sites (N-methyl/N-ethyl adjacent to an activating group) is 1. The summed E-state index contributed by atoms with van der Waals surface area (Å²) in [5, 5.41) is 9.01. The molecule has 0 aliphatic rings. The molecule has 5 nitrogen and oxygen atoms in total. The lowest BCUT2D eigenvalue weighted by Crippen LogP contribution is -2.44. The van der Waals surface area contributed by atoms with E-state index < -0.39 is 12.0 Å². The third-order valence-corrected chi connectivity index (χ3v) is 3.21. The van der Waals surface area contributed by atoms with Gasteiger partial charge in [0, 0.05) is 19.0 Å². The Morgan fingerprint density at radius 1 is 1.28 bits per heavy atom. The molecule has 0 radical (unpaired) electrons. The van der Waals surface area contributed by atoms with Crippen LogP contribution in [0.25, 0.3) is 0 Å². The van der Waals surface area contributed by atoms with Crippen LogP contribution in [0.15, 0.2) is 0 Å². The van der Waals surface area contributed by atoms with Gasteiger partial charge in [-0.2, -0.15) is 0 Å². The van der Waals surface area contributed by atoms with Crippen molar-refractivity contribution in [1.82, 2.24) is 4.90 Å². The summed E-state index contributed by atoms with van der Waals surface area (Å²) in [5.74, 6) is -1.20. The van der Waals surface area contributed by atoms with Crippen LogP contribution in [-0.2, 0) is 9.59 Å². The molecule has 106 valence electrons. The minimum atomic E-state index is -0.948. The lowest BCUT2D eigenvalue weighted by Gasteiger charge is -2.26. The number of rotatable bonds is 8. The number of carbonyl (C=O) groups is 2. The van der Waals surface area contributed by atoms with Gasteiger partial charge in [0.05, 0.1) is 0 Å². The van der Waals surface area contributed by atoms with Crippen molar-refractivity contribution in [1.29, 1.82) is 0 Å². The molecule has 0 aromatic rings. The predicted octanol–water partition coefficient (Wildman–Crippen LogP) is 1.46. The van der Waals surface area contributed by atoms with E-state index in [1.807, 2.05) is 13.8 Å². The molecule has 3 N–H and O–H groups in total. The van der Waals surface area contributed by atoms with E-state index in [9.17, 15) is 9.59 Å². The van der Waals surface area contributed by atoms with E-state index in [1.165, 1.54) is 4.90 Å². The van der Waals surface area contributed by atoms with Crippen molar-refractivity contribution in [3.8, 4) is 0 Å². The largest absolute Gasteiger partial charge is 0.480 e. The minimum absolute atomic E-state index is 0.103. The predicted molar refractivity (Wildman–Crippen MR) is 71.1 cm³/mol. The number of amides is 1. The fourth-order valence-electron chi connectivity index (χ4n) is 1.98. The molecular formula is C13H26N2O3. The zero-order valence-electron chi connectivity index (χ0n) is 11.8. The van der Waals surface area contributed by atoms with Crippen LogP contribution in [0.4, 0.5) is 0 Å². The monoisotopic (exact) mass is 258 g/mol. The van der Waals surface area contributed by atoms with Crippen molar-refractivity contribution in [2.24, 2.45) is 11.7 Å². The second-order valence-electron chi connectivity index (χ2n) is 5.02. The smallest absolute Gasteiger partial charge is 0.326 e. The molecule has 1 amide bonds. The molecule has 0 aliphatic carbocycles. The SMILES string of the molecule is CCC(C(=O)O)N(C)C(=O)C(C)CCCC(C)N. The van der Waals surface area contributed by atoms with E-state index >= 15 is 0 Å². The normalized spacial score (nSPS) is 15.8. The van der Waals surface area contributed by atoms with E-state index in [-0.39, 0.29) is 17.9 Å². The van der Waals surface area contributed by atoms with E-state index in [1.54, 1.807) is 14.0 Å². The molecule has 0 aliphatic heterocycles. The van der Waals surface area contributed by atoms with Crippen LogP contribution in [0.3, 0.4) is 0 Å². The van der Waals surface area contributed by atoms with Gasteiger partial charge in [0.1, 0.15) is 6.04 Å². The standard InChI is InChI=1S/C13H26N2O3/c1-5-11(13(17)18)15(4)12(16)9(2)7-6-8-10(3)14/h9-11H,5-8,14H2,1-4H3,(H,17,18). The number of carboxylic acid groups (broad SMARTS) is 1. The third kappa shape index (κ3) is 5.49. The van der Waals surface area contributed by atoms with Crippen LogP contribution in [0.1, 0.15) is 46.5 Å². The molecule has 0 fully saturated rings. The van der Waals surface area contributed by atoms with E-state index in [0.29, 0.717) is 6.42 Å². The first-order valence-corrected chi connectivity index (χ1v) is 6.56. The van der Waals surface area contributed by atoms with Crippen LogP contribution in [0.5, 0.6) is 0 Å². The van der Waals surface area contributed by atoms with Crippen molar-refractivity contribution in [3.63, 3.8) is 0 Å². The summed E-state index contributed by atoms with van der Waals surface area (Å²) in [6.45, 7) is 5.55. The van der Waals surface area contributed by atoms with Gasteiger partial charge < -0.3 is 15.7 Å². The molecule has 18 heavy (non-hydrogen) atoms. The Morgan fingerprint density at radius 3 is 2.22 bits per heavy atom. The molecule has 0 aromatic carbocycles. The number of hydrogen-bond donors (Lipinski definition) is 2. The molecule has 3 atom stereocenters. The summed E-state index contributed by atoms with van der Waals surface area (Å²) in [6.07, 6.45) is 2.95. The number of carbonyl (C=O) groups excluding carboxylic acids is 1. The maximum absolute atomic E-state index is 12.1. The maximum atomic E-state index is 12.1. The number of nitrogens with two attached hydrogens (primary N) is 1. The molecule has 0 rings (SSSR count). The highest BCUT2D eigenvalue weighted by Gasteiger charge is 2.27. The number of nitrogens with zero attached hydrogens (tertiary/aromatic N) is 1. The number of carboxylic acids is 1. The second-order valence-corrected chi connectivity index (χ2v) is 5.02. The van der Waals surface area contributed by atoms with Crippen molar-refractivity contribution < 1.29 is 14.7 Å². The topological polar surface area (TPSA) is 83.6 Å². The average molecular weight is 258 g/mol. The molecule has 5 heteroatoms. The first kappa shape index (κ1) is 16.9. The second kappa shape index (κ2) is 8.08. The van der Waals surface area contributed by atoms with Crippen molar-refractivity contribution in [2.45, 2.75) is 58.5 Å². The van der Waals surface area contributed by atoms with E-state index in [2.05, 4.69) is 0 Å². The van der Waals surface area contributed by atoms with Gasteiger partial charge in [-0.3, -0.25) is 4.79 Å². The highest BCUT2D eigenvalue weighted by Crippen LogP contribution is 2.14. The van der Waals surface area contributed by atoms with Crippen LogP contribution in [-0.4, -0.2) is 41.0 Å². The molecule has 0 saturated heterocycles. The number of aliphatic carboxylic acids is 1. The summed E-state index contributed by atoms with van der Waals surface area (Å²) in [4.78, 5) is 24.4. The molecule has 0 aromatic heterocycles. The van der Waals surface area contributed by atoms with Gasteiger partial charge in [-0.15, -0.1) is 0 Å². The summed E-state index contributed by atoms with van der Waals surface area (Å²) in [6, 6.07) is -0.583. The molecular weight excluding hydrogens is 232 g/mol. The molecule has 0 spiro atoms. The highest BCUT2D eigenvalue weighted by atomic mass is 16.4. The Hall–Kier alpha value is -1.10. The van der Waals surface area contributed by atoms with Crippen LogP contribution in [0, 0.1) is 5.92 Å². The Bertz CT molecular complexity index is 279. The summed E-state index contributed by atoms with van der Waals surface area (Å²) in [7, 11) is 1.56. The molecule has 0 saturated carbocycles. The zero-order chi connectivity index (χ0) is 14.3. The van der Waals surface area contributed by atoms with E-state index in [4.69, 9.17) is 10.8 Å². The third-order valence-electron chi connectivity index (χ3n) is 3.21. The summed E-state index contributed by atoms with van der Waals surface area (Å²) in [5.41, 5.74) is 5.65. The van der Waals surface area contributed by atoms with Crippen molar-refractivity contribution >= 4 is 11.9 Å². The highest BCUT2D eigenvalue weighted by molar-refractivity contribution is 5.84. The van der Waals surface area contributed by atoms with Crippen LogP contribution in [0.2, 0.25) is 0 Å². The summed E-state index contributed by atoms with van der Waals surface area (Å²) >= 11 is 0. The Labute approximate surface area is 109 Å². The maximum Gasteiger partial charge on any atom is 0.326 e. The van der Waals surface area contributed by atoms with Crippen molar-refractivity contribution in [3.05, 3.63) is 0 Å². The van der Waals surface area contributed by atoms with Gasteiger partial charge in [-0.05, 0) is 26.2 Å². The fraction of sp³-hybridized carbons (Fsp3) is 0.846. The van der Waals surface area contributed by atoms with E-state index in [0.717, 1.165) is 19.3 Å². The average Bonchev–Trinajstić information content (AvgIpc) is 2.27. The van der Waals surface area contributed by atoms with Gasteiger partial charge in [0.25, 0.3) is 0 Å². The lowest BCUT2D eigenvalue weighted by molar-refractivity contribution is -0.150. The number of hydrogen-bond acceptors (Lipinski definition) is 3. The molecule has 0 heterocycles. The fourth-order valence-corrected chi connectivity index (χ4v) is 1.98. The van der Waals surface area contributed by atoms with Crippen LogP contribution < -0.4 is 5.73 Å². The van der Waals surface area contributed by atoms with Gasteiger partial charge >= 0.3 is 5.97 Å². The van der Waals surface area contributed by atoms with Gasteiger partial charge in [-0.25, -0.2) is 4.79 Å². The summed E-state index contributed by atoms with van der Waals surface area (Å²) < 4.78 is 0. The van der Waals surface area contributed by atoms with Gasteiger partial charge in [-0.1, -0.05) is 20.3 Å². The first-order chi connectivity index (χ1) is 8.31. The van der Waals surface area contributed by atoms with Crippen molar-refractivity contribution in [2.75, 3.05) is 7.05 Å². The van der Waals surface area contributed by atoms with Crippen LogP contribution >= 0.6 is 0 Å². The lowest BCUT2D eigenvalue weighted by atomic mass is 10.00. The molecule has 0 bridgehead atoms. The Morgan fingerprint density at radius 2 is 1.83 bits per heavy atom. The van der Waals surface area contributed by atoms with Gasteiger partial charge in [0.15, 0.2) is 0 Å².